The van der Waals surface area contributed by atoms with E-state index in [1.165, 1.54) is 12.4 Å². The average molecular weight is 540 g/mol. The maximum Gasteiger partial charge on any atom is 0.416 e. The third kappa shape index (κ3) is 5.70. The highest BCUT2D eigenvalue weighted by atomic mass is 19.4. The minimum Gasteiger partial charge on any atom is -0.323 e. The van der Waals surface area contributed by atoms with Crippen LogP contribution >= 0.6 is 0 Å². The summed E-state index contributed by atoms with van der Waals surface area (Å²) in [6.07, 6.45) is 0.792. The predicted octanol–water partition coefficient (Wildman–Crippen LogP) is 6.75. The van der Waals surface area contributed by atoms with Crippen molar-refractivity contribution in [1.82, 2.24) is 15.0 Å². The number of nitrogens with zero attached hydrogens (tertiary/aromatic N) is 3. The van der Waals surface area contributed by atoms with Gasteiger partial charge in [0.15, 0.2) is 0 Å². The third-order valence-electron chi connectivity index (χ3n) is 6.04. The van der Waals surface area contributed by atoms with Crippen LogP contribution in [-0.4, -0.2) is 26.8 Å². The molecule has 198 valence electrons. The fourth-order valence-electron chi connectivity index (χ4n) is 4.13. The number of hydrogen-bond donors (Lipinski definition) is 2. The molecule has 5 aromatic rings. The lowest BCUT2D eigenvalue weighted by Gasteiger charge is -2.12. The van der Waals surface area contributed by atoms with E-state index >= 15 is 0 Å². The summed E-state index contributed by atoms with van der Waals surface area (Å²) >= 11 is 0. The summed E-state index contributed by atoms with van der Waals surface area (Å²) in [5.74, 6) is -1.12. The van der Waals surface area contributed by atoms with Gasteiger partial charge in [-0.2, -0.15) is 13.2 Å². The normalized spacial score (nSPS) is 11.2. The Balaban J connectivity index is 1.45. The Kier molecular flexibility index (Phi) is 7.07. The predicted molar refractivity (Wildman–Crippen MR) is 146 cm³/mol. The van der Waals surface area contributed by atoms with Crippen LogP contribution in [0.3, 0.4) is 0 Å². The van der Waals surface area contributed by atoms with Gasteiger partial charge in [-0.15, -0.1) is 0 Å². The highest BCUT2D eigenvalue weighted by Crippen LogP contribution is 2.34. The fourth-order valence-corrected chi connectivity index (χ4v) is 4.13. The molecule has 10 heteroatoms. The summed E-state index contributed by atoms with van der Waals surface area (Å²) in [6, 6.07) is 19.4. The van der Waals surface area contributed by atoms with Crippen molar-refractivity contribution in [3.8, 4) is 22.3 Å². The molecular formula is C30H20F3N5O2. The molecule has 5 rings (SSSR count). The quantitative estimate of drug-likeness (QED) is 0.233. The van der Waals surface area contributed by atoms with E-state index in [0.29, 0.717) is 5.69 Å². The number of fused-ring (bicyclic) bond motifs is 1. The number of anilines is 2. The van der Waals surface area contributed by atoms with Crippen LogP contribution in [0.15, 0.2) is 104 Å². The molecule has 0 saturated carbocycles. The van der Waals surface area contributed by atoms with E-state index in [1.54, 1.807) is 36.5 Å². The summed E-state index contributed by atoms with van der Waals surface area (Å²) in [7, 11) is 0. The molecule has 2 amide bonds. The second-order valence-corrected chi connectivity index (χ2v) is 8.72. The van der Waals surface area contributed by atoms with E-state index in [2.05, 4.69) is 32.2 Å². The number of amides is 2. The molecule has 0 atom stereocenters. The van der Waals surface area contributed by atoms with Crippen LogP contribution in [0.2, 0.25) is 0 Å². The zero-order valence-corrected chi connectivity index (χ0v) is 20.7. The smallest absolute Gasteiger partial charge is 0.323 e. The molecule has 0 aliphatic heterocycles. The van der Waals surface area contributed by atoms with E-state index < -0.39 is 17.6 Å². The van der Waals surface area contributed by atoms with E-state index in [-0.39, 0.29) is 17.3 Å². The number of aromatic nitrogens is 3. The van der Waals surface area contributed by atoms with Gasteiger partial charge in [0.1, 0.15) is 12.1 Å². The van der Waals surface area contributed by atoms with Crippen LogP contribution in [0.5, 0.6) is 0 Å². The van der Waals surface area contributed by atoms with Crippen molar-refractivity contribution in [2.75, 3.05) is 10.6 Å². The second-order valence-electron chi connectivity index (χ2n) is 8.72. The van der Waals surface area contributed by atoms with Crippen molar-refractivity contribution in [1.29, 1.82) is 0 Å². The van der Waals surface area contributed by atoms with Crippen molar-refractivity contribution in [2.45, 2.75) is 6.18 Å². The molecule has 7 nitrogen and oxygen atoms in total. The van der Waals surface area contributed by atoms with E-state index in [9.17, 15) is 22.8 Å². The first-order valence-electron chi connectivity index (χ1n) is 11.9. The van der Waals surface area contributed by atoms with Crippen LogP contribution in [-0.2, 0) is 11.0 Å². The Morgan fingerprint density at radius 3 is 2.40 bits per heavy atom. The van der Waals surface area contributed by atoms with Gasteiger partial charge in [-0.25, -0.2) is 15.0 Å². The third-order valence-corrected chi connectivity index (χ3v) is 6.04. The van der Waals surface area contributed by atoms with Crippen molar-refractivity contribution in [3.63, 3.8) is 0 Å². The van der Waals surface area contributed by atoms with Crippen LogP contribution < -0.4 is 10.6 Å². The molecule has 2 aromatic heterocycles. The maximum atomic E-state index is 13.0. The number of rotatable bonds is 6. The SMILES string of the molecule is C=CC(=O)Nc1cccc(-c2cc(-c3ccc(C(=O)Nc4cc(C(F)(F)F)ccn4)cc3)cc3cncnc23)c1. The Hall–Kier alpha value is -5.38. The molecule has 40 heavy (non-hydrogen) atoms. The van der Waals surface area contributed by atoms with Crippen LogP contribution in [0.4, 0.5) is 24.7 Å². The zero-order valence-electron chi connectivity index (χ0n) is 20.7. The van der Waals surface area contributed by atoms with Gasteiger partial charge in [-0.1, -0.05) is 30.8 Å². The molecule has 0 bridgehead atoms. The monoisotopic (exact) mass is 539 g/mol. The molecule has 0 radical (unpaired) electrons. The average Bonchev–Trinajstić information content (AvgIpc) is 2.96. The summed E-state index contributed by atoms with van der Waals surface area (Å²) in [5.41, 5.74) is 3.90. The van der Waals surface area contributed by atoms with Crippen molar-refractivity contribution in [3.05, 3.63) is 115 Å². The van der Waals surface area contributed by atoms with Crippen molar-refractivity contribution in [2.24, 2.45) is 0 Å². The number of carbonyl (C=O) groups is 2. The van der Waals surface area contributed by atoms with Crippen LogP contribution in [0, 0.1) is 0 Å². The van der Waals surface area contributed by atoms with Crippen molar-refractivity contribution >= 4 is 34.2 Å². The molecule has 0 spiro atoms. The molecule has 0 unspecified atom stereocenters. The number of alkyl halides is 3. The molecular weight excluding hydrogens is 519 g/mol. The van der Waals surface area contributed by atoms with Crippen molar-refractivity contribution < 1.29 is 22.8 Å². The number of nitrogens with one attached hydrogen (secondary N) is 2. The first kappa shape index (κ1) is 26.2. The Morgan fingerprint density at radius 2 is 1.65 bits per heavy atom. The number of hydrogen-bond acceptors (Lipinski definition) is 5. The van der Waals surface area contributed by atoms with Gasteiger partial charge in [0.2, 0.25) is 5.91 Å². The van der Waals surface area contributed by atoms with Gasteiger partial charge in [0.25, 0.3) is 5.91 Å². The van der Waals surface area contributed by atoms with E-state index in [1.807, 2.05) is 30.3 Å². The fraction of sp³-hybridized carbons (Fsp3) is 0.0333. The Bertz CT molecular complexity index is 1750. The van der Waals surface area contributed by atoms with Crippen LogP contribution in [0.25, 0.3) is 33.2 Å². The van der Waals surface area contributed by atoms with E-state index in [0.717, 1.165) is 51.5 Å². The molecule has 0 aliphatic carbocycles. The first-order valence-corrected chi connectivity index (χ1v) is 11.9. The van der Waals surface area contributed by atoms with E-state index in [4.69, 9.17) is 0 Å². The number of carbonyl (C=O) groups excluding carboxylic acids is 2. The Morgan fingerprint density at radius 1 is 0.850 bits per heavy atom. The lowest BCUT2D eigenvalue weighted by atomic mass is 9.95. The standard InChI is InChI=1S/C30H20F3N5O2/c1-2-27(39)37-24-5-3-4-20(13-24)25-14-21(12-22-16-34-17-36-28(22)25)18-6-8-19(9-7-18)29(40)38-26-15-23(10-11-35-26)30(31,32)33/h2-17H,1H2,(H,37,39)(H,35,38,40). The van der Waals surface area contributed by atoms with Gasteiger partial charge < -0.3 is 10.6 Å². The second kappa shape index (κ2) is 10.8. The molecule has 2 heterocycles. The Labute approximate surface area is 226 Å². The van der Waals surface area contributed by atoms with Gasteiger partial charge in [0.05, 0.1) is 11.1 Å². The van der Waals surface area contributed by atoms with Gasteiger partial charge in [-0.3, -0.25) is 9.59 Å². The molecule has 0 fully saturated rings. The lowest BCUT2D eigenvalue weighted by molar-refractivity contribution is -0.137. The highest BCUT2D eigenvalue weighted by Gasteiger charge is 2.30. The first-order chi connectivity index (χ1) is 19.2. The molecule has 0 saturated heterocycles. The minimum atomic E-state index is -4.55. The maximum absolute atomic E-state index is 13.0. The highest BCUT2D eigenvalue weighted by molar-refractivity contribution is 6.04. The molecule has 2 N–H and O–H groups in total. The zero-order chi connectivity index (χ0) is 28.3. The van der Waals surface area contributed by atoms with Gasteiger partial charge in [-0.05, 0) is 71.3 Å². The van der Waals surface area contributed by atoms with Gasteiger partial charge in [0, 0.05) is 34.6 Å². The van der Waals surface area contributed by atoms with Crippen LogP contribution in [0.1, 0.15) is 15.9 Å². The number of halogens is 3. The summed E-state index contributed by atoms with van der Waals surface area (Å²) < 4.78 is 39.0. The number of pyridine rings is 1. The molecule has 3 aromatic carbocycles. The topological polar surface area (TPSA) is 96.9 Å². The van der Waals surface area contributed by atoms with Gasteiger partial charge >= 0.3 is 6.18 Å². The molecule has 0 aliphatic rings. The summed E-state index contributed by atoms with van der Waals surface area (Å²) in [5, 5.41) is 5.94. The minimum absolute atomic E-state index is 0.199. The number of benzene rings is 3. The summed E-state index contributed by atoms with van der Waals surface area (Å²) in [4.78, 5) is 36.9. The largest absolute Gasteiger partial charge is 0.416 e. The lowest BCUT2D eigenvalue weighted by Crippen LogP contribution is -2.14. The summed E-state index contributed by atoms with van der Waals surface area (Å²) in [6.45, 7) is 3.48.